The number of halogens is 2. The van der Waals surface area contributed by atoms with Crippen LogP contribution in [0.25, 0.3) is 0 Å². The summed E-state index contributed by atoms with van der Waals surface area (Å²) in [7, 11) is -4.30. The Balaban J connectivity index is 2.33. The van der Waals surface area contributed by atoms with E-state index in [2.05, 4.69) is 15.5 Å². The average Bonchev–Trinajstić information content (AvgIpc) is 2.55. The van der Waals surface area contributed by atoms with Crippen LogP contribution in [-0.2, 0) is 10.0 Å². The van der Waals surface area contributed by atoms with Crippen LogP contribution in [0.2, 0.25) is 5.02 Å². The quantitative estimate of drug-likeness (QED) is 0.769. The van der Waals surface area contributed by atoms with Crippen LogP contribution in [0.3, 0.4) is 0 Å². The molecule has 0 unspecified atom stereocenters. The van der Waals surface area contributed by atoms with Gasteiger partial charge in [-0.1, -0.05) is 39.3 Å². The van der Waals surface area contributed by atoms with Gasteiger partial charge in [0.2, 0.25) is 5.95 Å². The second-order valence-corrected chi connectivity index (χ2v) is 8.59. The lowest BCUT2D eigenvalue weighted by Crippen LogP contribution is -2.35. The van der Waals surface area contributed by atoms with E-state index in [9.17, 15) is 17.6 Å². The number of urea groups is 1. The smallest absolute Gasteiger partial charge is 0.307 e. The zero-order valence-corrected chi connectivity index (χ0v) is 16.8. The van der Waals surface area contributed by atoms with Crippen LogP contribution < -0.4 is 10.0 Å². The van der Waals surface area contributed by atoms with E-state index in [1.54, 1.807) is 12.1 Å². The van der Waals surface area contributed by atoms with Crippen LogP contribution in [0.5, 0.6) is 0 Å². The summed E-state index contributed by atoms with van der Waals surface area (Å²) in [6.07, 6.45) is 0. The lowest BCUT2D eigenvalue weighted by molar-refractivity contribution is 0.256. The Hall–Kier alpha value is -2.26. The fraction of sp³-hybridized carbons (Fsp3) is 0.353. The summed E-state index contributed by atoms with van der Waals surface area (Å²) >= 11 is 6.18. The van der Waals surface area contributed by atoms with Gasteiger partial charge in [0, 0.05) is 10.7 Å². The molecule has 1 aromatic heterocycles. The Kier molecular flexibility index (Phi) is 6.38. The van der Waals surface area contributed by atoms with Gasteiger partial charge in [0.05, 0.1) is 0 Å². The Bertz CT molecular complexity index is 918. The summed E-state index contributed by atoms with van der Waals surface area (Å²) < 4.78 is 39.1. The predicted molar refractivity (Wildman–Crippen MR) is 101 cm³/mol. The highest BCUT2D eigenvalue weighted by Gasteiger charge is 2.23. The van der Waals surface area contributed by atoms with Crippen LogP contribution >= 0.6 is 11.6 Å². The van der Waals surface area contributed by atoms with Crippen molar-refractivity contribution in [1.29, 1.82) is 0 Å². The molecule has 0 spiro atoms. The van der Waals surface area contributed by atoms with Crippen molar-refractivity contribution in [3.63, 3.8) is 0 Å². The number of carbonyl (C=O) groups excluding carboxylic acids is 1. The summed E-state index contributed by atoms with van der Waals surface area (Å²) in [5, 5.41) is 8.84. The van der Waals surface area contributed by atoms with Crippen LogP contribution in [0.15, 0.2) is 29.3 Å². The van der Waals surface area contributed by atoms with E-state index in [0.717, 1.165) is 23.3 Å². The Labute approximate surface area is 162 Å². The number of sulfonamides is 1. The van der Waals surface area contributed by atoms with Gasteiger partial charge in [0.15, 0.2) is 5.03 Å². The topological polar surface area (TPSA) is 101 Å². The largest absolute Gasteiger partial charge is 0.333 e. The van der Waals surface area contributed by atoms with Crippen molar-refractivity contribution in [2.75, 3.05) is 5.32 Å². The Morgan fingerprint density at radius 1 is 1.07 bits per heavy atom. The van der Waals surface area contributed by atoms with Gasteiger partial charge in [-0.05, 0) is 47.2 Å². The van der Waals surface area contributed by atoms with Crippen LogP contribution in [-0.4, -0.2) is 24.6 Å². The maximum atomic E-state index is 12.8. The van der Waals surface area contributed by atoms with Crippen molar-refractivity contribution in [2.24, 2.45) is 0 Å². The summed E-state index contributed by atoms with van der Waals surface area (Å²) in [6.45, 7) is 7.74. The standard InChI is InChI=1S/C17H20ClFN4O3S/c1-9(2)12-7-11(18)8-13(10(3)4)16(12)20-17(24)23-27(25,26)15-6-5-14(19)21-22-15/h5-10H,1-4H3,(H2,20,23,24). The molecule has 7 nitrogen and oxygen atoms in total. The van der Waals surface area contributed by atoms with Crippen LogP contribution in [0.4, 0.5) is 14.9 Å². The third-order valence-electron chi connectivity index (χ3n) is 3.76. The first-order chi connectivity index (χ1) is 12.5. The van der Waals surface area contributed by atoms with Crippen LogP contribution in [0.1, 0.15) is 50.7 Å². The van der Waals surface area contributed by atoms with E-state index in [1.807, 2.05) is 32.4 Å². The third kappa shape index (κ3) is 5.14. The lowest BCUT2D eigenvalue weighted by atomic mass is 9.92. The van der Waals surface area contributed by atoms with Gasteiger partial charge in [-0.15, -0.1) is 10.2 Å². The molecule has 2 aromatic rings. The first-order valence-electron chi connectivity index (χ1n) is 8.17. The average molecular weight is 415 g/mol. The lowest BCUT2D eigenvalue weighted by Gasteiger charge is -2.21. The van der Waals surface area contributed by atoms with E-state index in [1.165, 1.54) is 0 Å². The Morgan fingerprint density at radius 3 is 2.07 bits per heavy atom. The number of hydrogen-bond acceptors (Lipinski definition) is 5. The summed E-state index contributed by atoms with van der Waals surface area (Å²) in [5.41, 5.74) is 2.06. The number of anilines is 1. The molecule has 27 heavy (non-hydrogen) atoms. The van der Waals surface area contributed by atoms with Gasteiger partial charge < -0.3 is 5.32 Å². The number of hydrogen-bond donors (Lipinski definition) is 2. The maximum Gasteiger partial charge on any atom is 0.333 e. The Morgan fingerprint density at radius 2 is 1.63 bits per heavy atom. The van der Waals surface area contributed by atoms with Gasteiger partial charge in [-0.2, -0.15) is 12.8 Å². The third-order valence-corrected chi connectivity index (χ3v) is 5.20. The molecule has 2 N–H and O–H groups in total. The van der Waals surface area contributed by atoms with E-state index in [0.29, 0.717) is 10.7 Å². The number of carbonyl (C=O) groups is 1. The number of aromatic nitrogens is 2. The molecule has 2 rings (SSSR count). The number of rotatable bonds is 5. The van der Waals surface area contributed by atoms with Crippen molar-refractivity contribution >= 4 is 33.3 Å². The minimum absolute atomic E-state index is 0.0380. The van der Waals surface area contributed by atoms with Gasteiger partial charge in [0.1, 0.15) is 0 Å². The molecular weight excluding hydrogens is 395 g/mol. The van der Waals surface area contributed by atoms with Crippen LogP contribution in [0, 0.1) is 5.95 Å². The van der Waals surface area contributed by atoms with E-state index >= 15 is 0 Å². The van der Waals surface area contributed by atoms with Crippen molar-refractivity contribution in [1.82, 2.24) is 14.9 Å². The van der Waals surface area contributed by atoms with Crippen molar-refractivity contribution in [3.05, 3.63) is 46.4 Å². The van der Waals surface area contributed by atoms with Crippen molar-refractivity contribution in [3.8, 4) is 0 Å². The second-order valence-electron chi connectivity index (χ2n) is 6.52. The molecule has 10 heteroatoms. The fourth-order valence-corrected chi connectivity index (χ4v) is 3.50. The molecular formula is C17H20ClFN4O3S. The SMILES string of the molecule is CC(C)c1cc(Cl)cc(C(C)C)c1NC(=O)NS(=O)(=O)c1ccc(F)nn1. The number of benzene rings is 1. The highest BCUT2D eigenvalue weighted by molar-refractivity contribution is 7.90. The molecule has 0 atom stereocenters. The zero-order valence-electron chi connectivity index (χ0n) is 15.2. The fourth-order valence-electron chi connectivity index (χ4n) is 2.47. The first kappa shape index (κ1) is 21.0. The molecule has 0 bridgehead atoms. The molecule has 0 fully saturated rings. The molecule has 2 amide bonds. The molecule has 0 aliphatic carbocycles. The van der Waals surface area contributed by atoms with Gasteiger partial charge >= 0.3 is 6.03 Å². The normalized spacial score (nSPS) is 11.7. The predicted octanol–water partition coefficient (Wildman–Crippen LogP) is 4.03. The summed E-state index contributed by atoms with van der Waals surface area (Å²) in [6, 6.07) is 4.25. The monoisotopic (exact) mass is 414 g/mol. The minimum atomic E-state index is -4.30. The molecule has 0 saturated carbocycles. The number of amides is 2. The molecule has 1 aromatic carbocycles. The molecule has 0 radical (unpaired) electrons. The van der Waals surface area contributed by atoms with Gasteiger partial charge in [-0.25, -0.2) is 9.52 Å². The first-order valence-corrected chi connectivity index (χ1v) is 10.0. The van der Waals surface area contributed by atoms with Gasteiger partial charge in [0.25, 0.3) is 10.0 Å². The molecule has 1 heterocycles. The molecule has 0 saturated heterocycles. The number of nitrogens with one attached hydrogen (secondary N) is 2. The molecule has 0 aliphatic rings. The summed E-state index contributed by atoms with van der Waals surface area (Å²) in [4.78, 5) is 12.3. The second kappa shape index (κ2) is 8.18. The van der Waals surface area contributed by atoms with Gasteiger partial charge in [-0.3, -0.25) is 0 Å². The van der Waals surface area contributed by atoms with E-state index in [4.69, 9.17) is 11.6 Å². The van der Waals surface area contributed by atoms with E-state index in [-0.39, 0.29) is 11.8 Å². The molecule has 0 aliphatic heterocycles. The van der Waals surface area contributed by atoms with E-state index < -0.39 is 27.0 Å². The molecule has 146 valence electrons. The maximum absolute atomic E-state index is 12.8. The van der Waals surface area contributed by atoms with Crippen molar-refractivity contribution < 1.29 is 17.6 Å². The highest BCUT2D eigenvalue weighted by atomic mass is 35.5. The zero-order chi connectivity index (χ0) is 20.4. The summed E-state index contributed by atoms with van der Waals surface area (Å²) in [5.74, 6) is -0.852. The highest BCUT2D eigenvalue weighted by Crippen LogP contribution is 2.35. The number of nitrogens with zero attached hydrogens (tertiary/aromatic N) is 2. The van der Waals surface area contributed by atoms with Crippen molar-refractivity contribution in [2.45, 2.75) is 44.6 Å². The minimum Gasteiger partial charge on any atom is -0.307 e.